The number of fused-ring (bicyclic) bond motifs is 3. The van der Waals surface area contributed by atoms with Crippen molar-refractivity contribution in [1.29, 1.82) is 0 Å². The van der Waals surface area contributed by atoms with Crippen molar-refractivity contribution in [3.05, 3.63) is 103 Å². The van der Waals surface area contributed by atoms with Gasteiger partial charge in [-0.2, -0.15) is 0 Å². The van der Waals surface area contributed by atoms with E-state index in [1.54, 1.807) is 0 Å². The van der Waals surface area contributed by atoms with Crippen LogP contribution in [0.3, 0.4) is 0 Å². The smallest absolute Gasteiger partial charge is 0.313 e. The van der Waals surface area contributed by atoms with E-state index < -0.39 is 5.92 Å². The molecule has 0 amide bonds. The summed E-state index contributed by atoms with van der Waals surface area (Å²) in [4.78, 5) is 27.6. The van der Waals surface area contributed by atoms with Crippen molar-refractivity contribution in [2.24, 2.45) is 0 Å². The quantitative estimate of drug-likeness (QED) is 0.124. The molecule has 1 aliphatic rings. The summed E-state index contributed by atoms with van der Waals surface area (Å²) in [5.74, 6) is -0.726. The topological polar surface area (TPSA) is 48.3 Å². The first kappa shape index (κ1) is 29.8. The third-order valence-corrected chi connectivity index (χ3v) is 9.28. The SMILES string of the molecule is CCCCCCc1ccc(C(=O)n2c3c(c4c(Br)cc(Br)cc42)C(C(=O)OCc2ccc(CC)cc2)CCC3)cc1. The minimum absolute atomic E-state index is 0.0659. The predicted octanol–water partition coefficient (Wildman–Crippen LogP) is 9.70. The molecule has 1 aliphatic carbocycles. The number of hydrogen-bond donors (Lipinski definition) is 0. The van der Waals surface area contributed by atoms with Crippen molar-refractivity contribution in [2.45, 2.75) is 84.2 Å². The van der Waals surface area contributed by atoms with E-state index in [0.29, 0.717) is 12.0 Å². The van der Waals surface area contributed by atoms with Crippen LogP contribution in [0, 0.1) is 0 Å². The molecule has 0 spiro atoms. The Morgan fingerprint density at radius 3 is 2.32 bits per heavy atom. The number of aryl methyl sites for hydroxylation is 2. The van der Waals surface area contributed by atoms with Gasteiger partial charge in [-0.3, -0.25) is 14.2 Å². The van der Waals surface area contributed by atoms with Crippen LogP contribution in [0.2, 0.25) is 0 Å². The summed E-state index contributed by atoms with van der Waals surface area (Å²) in [5, 5.41) is 0.915. The molecule has 41 heavy (non-hydrogen) atoms. The van der Waals surface area contributed by atoms with Gasteiger partial charge in [-0.25, -0.2) is 0 Å². The van der Waals surface area contributed by atoms with E-state index in [9.17, 15) is 9.59 Å². The minimum Gasteiger partial charge on any atom is -0.460 e. The molecule has 1 heterocycles. The molecule has 214 valence electrons. The zero-order chi connectivity index (χ0) is 28.9. The second kappa shape index (κ2) is 13.5. The van der Waals surface area contributed by atoms with Crippen molar-refractivity contribution in [2.75, 3.05) is 0 Å². The number of unbranched alkanes of at least 4 members (excludes halogenated alkanes) is 3. The fourth-order valence-corrected chi connectivity index (χ4v) is 7.36. The Bertz CT molecular complexity index is 1540. The summed E-state index contributed by atoms with van der Waals surface area (Å²) in [5.41, 5.74) is 6.77. The zero-order valence-electron chi connectivity index (χ0n) is 23.8. The van der Waals surface area contributed by atoms with Crippen LogP contribution >= 0.6 is 31.9 Å². The van der Waals surface area contributed by atoms with E-state index in [1.165, 1.54) is 36.8 Å². The standard InChI is InChI=1S/C35H37Br2NO3/c1-3-5-6-7-9-24-16-18-26(19-17-24)34(39)38-30-11-8-10-28(32(30)33-29(37)20-27(36)21-31(33)38)35(40)41-22-25-14-12-23(4-2)13-15-25/h12-21,28H,3-11,22H2,1-2H3. The molecule has 0 bridgehead atoms. The number of carbonyl (C=O) groups is 2. The number of nitrogens with zero attached hydrogens (tertiary/aromatic N) is 1. The number of carbonyl (C=O) groups excluding carboxylic acids is 2. The van der Waals surface area contributed by atoms with Gasteiger partial charge in [-0.1, -0.05) is 101 Å². The number of benzene rings is 3. The monoisotopic (exact) mass is 677 g/mol. The second-order valence-corrected chi connectivity index (χ2v) is 12.8. The lowest BCUT2D eigenvalue weighted by atomic mass is 9.85. The van der Waals surface area contributed by atoms with Gasteiger partial charge < -0.3 is 4.74 Å². The van der Waals surface area contributed by atoms with Crippen LogP contribution in [0.1, 0.15) is 96.6 Å². The summed E-state index contributed by atoms with van der Waals surface area (Å²) in [7, 11) is 0. The highest BCUT2D eigenvalue weighted by molar-refractivity contribution is 9.11. The van der Waals surface area contributed by atoms with E-state index in [2.05, 4.69) is 70.0 Å². The van der Waals surface area contributed by atoms with Gasteiger partial charge in [-0.15, -0.1) is 0 Å². The molecule has 5 rings (SSSR count). The van der Waals surface area contributed by atoms with Crippen LogP contribution in [-0.2, 0) is 35.4 Å². The third kappa shape index (κ3) is 6.54. The summed E-state index contributed by atoms with van der Waals surface area (Å²) >= 11 is 7.37. The number of aromatic nitrogens is 1. The number of rotatable bonds is 10. The molecule has 3 aromatic carbocycles. The highest BCUT2D eigenvalue weighted by Gasteiger charge is 2.35. The molecule has 1 atom stereocenters. The Morgan fingerprint density at radius 1 is 0.902 bits per heavy atom. The molecule has 1 aromatic heterocycles. The highest BCUT2D eigenvalue weighted by atomic mass is 79.9. The number of esters is 1. The van der Waals surface area contributed by atoms with Crippen LogP contribution in [0.4, 0.5) is 0 Å². The van der Waals surface area contributed by atoms with Gasteiger partial charge in [0.15, 0.2) is 0 Å². The van der Waals surface area contributed by atoms with E-state index >= 15 is 0 Å². The average molecular weight is 679 g/mol. The Morgan fingerprint density at radius 2 is 1.61 bits per heavy atom. The number of hydrogen-bond acceptors (Lipinski definition) is 3. The normalized spacial score (nSPS) is 14.7. The van der Waals surface area contributed by atoms with Gasteiger partial charge in [0.25, 0.3) is 5.91 Å². The third-order valence-electron chi connectivity index (χ3n) is 8.20. The maximum atomic E-state index is 14.1. The van der Waals surface area contributed by atoms with Crippen molar-refractivity contribution in [3.63, 3.8) is 0 Å². The Balaban J connectivity index is 1.46. The lowest BCUT2D eigenvalue weighted by Gasteiger charge is -2.23. The first-order valence-corrected chi connectivity index (χ1v) is 16.4. The molecule has 0 saturated heterocycles. The van der Waals surface area contributed by atoms with E-state index in [4.69, 9.17) is 4.74 Å². The molecular formula is C35H37Br2NO3. The lowest BCUT2D eigenvalue weighted by molar-refractivity contribution is -0.147. The van der Waals surface area contributed by atoms with Crippen LogP contribution < -0.4 is 0 Å². The fraction of sp³-hybridized carbons (Fsp3) is 0.371. The maximum Gasteiger partial charge on any atom is 0.313 e. The Hall–Kier alpha value is -2.70. The Labute approximate surface area is 259 Å². The Kier molecular flexibility index (Phi) is 9.82. The average Bonchev–Trinajstić information content (AvgIpc) is 3.32. The molecule has 6 heteroatoms. The van der Waals surface area contributed by atoms with Gasteiger partial charge in [-0.05, 0) is 85.0 Å². The summed E-state index contributed by atoms with van der Waals surface area (Å²) in [6.45, 7) is 4.58. The van der Waals surface area contributed by atoms with Gasteiger partial charge >= 0.3 is 5.97 Å². The first-order chi connectivity index (χ1) is 19.9. The van der Waals surface area contributed by atoms with Crippen molar-refractivity contribution in [3.8, 4) is 0 Å². The second-order valence-electron chi connectivity index (χ2n) is 11.0. The summed E-state index contributed by atoms with van der Waals surface area (Å²) in [6.07, 6.45) is 9.13. The van der Waals surface area contributed by atoms with Crippen molar-refractivity contribution < 1.29 is 14.3 Å². The minimum atomic E-state index is -0.423. The molecule has 0 radical (unpaired) electrons. The molecule has 0 saturated carbocycles. The van der Waals surface area contributed by atoms with Crippen LogP contribution in [-0.4, -0.2) is 16.4 Å². The van der Waals surface area contributed by atoms with E-state index in [1.807, 2.05) is 41.0 Å². The van der Waals surface area contributed by atoms with Gasteiger partial charge in [0, 0.05) is 25.6 Å². The van der Waals surface area contributed by atoms with Gasteiger partial charge in [0.1, 0.15) is 6.61 Å². The summed E-state index contributed by atoms with van der Waals surface area (Å²) < 4.78 is 9.44. The van der Waals surface area contributed by atoms with Gasteiger partial charge in [0.2, 0.25) is 0 Å². The highest BCUT2D eigenvalue weighted by Crippen LogP contribution is 2.44. The molecule has 1 unspecified atom stereocenters. The van der Waals surface area contributed by atoms with Crippen LogP contribution in [0.25, 0.3) is 10.9 Å². The molecule has 0 aliphatic heterocycles. The van der Waals surface area contributed by atoms with Crippen molar-refractivity contribution >= 4 is 54.6 Å². The molecule has 4 aromatic rings. The largest absolute Gasteiger partial charge is 0.460 e. The summed E-state index contributed by atoms with van der Waals surface area (Å²) in [6, 6.07) is 20.2. The number of ether oxygens (including phenoxy) is 1. The molecule has 0 N–H and O–H groups in total. The van der Waals surface area contributed by atoms with Gasteiger partial charge in [0.05, 0.1) is 11.4 Å². The van der Waals surface area contributed by atoms with E-state index in [-0.39, 0.29) is 18.5 Å². The maximum absolute atomic E-state index is 14.1. The molecular weight excluding hydrogens is 642 g/mol. The lowest BCUT2D eigenvalue weighted by Crippen LogP contribution is -2.23. The van der Waals surface area contributed by atoms with E-state index in [0.717, 1.165) is 62.4 Å². The zero-order valence-corrected chi connectivity index (χ0v) is 27.0. The van der Waals surface area contributed by atoms with Crippen LogP contribution in [0.5, 0.6) is 0 Å². The number of halogens is 2. The molecule has 0 fully saturated rings. The molecule has 4 nitrogen and oxygen atoms in total. The first-order valence-electron chi connectivity index (χ1n) is 14.8. The predicted molar refractivity (Wildman–Crippen MR) is 173 cm³/mol. The fourth-order valence-electron chi connectivity index (χ4n) is 5.95. The van der Waals surface area contributed by atoms with Crippen molar-refractivity contribution in [1.82, 2.24) is 4.57 Å². The van der Waals surface area contributed by atoms with Crippen LogP contribution in [0.15, 0.2) is 69.6 Å².